The van der Waals surface area contributed by atoms with E-state index >= 15 is 0 Å². The highest BCUT2D eigenvalue weighted by molar-refractivity contribution is 5.99. The van der Waals surface area contributed by atoms with Gasteiger partial charge in [-0.1, -0.05) is 6.07 Å². The molecule has 5 nitrogen and oxygen atoms in total. The number of carbonyl (C=O) groups is 1. The number of nitrogens with zero attached hydrogens (tertiary/aromatic N) is 1. The van der Waals surface area contributed by atoms with E-state index in [0.29, 0.717) is 10.9 Å². The van der Waals surface area contributed by atoms with E-state index in [1.54, 1.807) is 26.1 Å². The number of aliphatic hydroxyl groups excluding tert-OH is 1. The summed E-state index contributed by atoms with van der Waals surface area (Å²) in [6.07, 6.45) is 0. The molecular formula is C14H16F2N2O3. The van der Waals surface area contributed by atoms with Gasteiger partial charge >= 0.3 is 6.61 Å². The second-order valence-electron chi connectivity index (χ2n) is 4.73. The predicted molar refractivity (Wildman–Crippen MR) is 73.6 cm³/mol. The van der Waals surface area contributed by atoms with Crippen LogP contribution in [0.1, 0.15) is 17.4 Å². The van der Waals surface area contributed by atoms with Crippen LogP contribution in [0.25, 0.3) is 10.9 Å². The molecular weight excluding hydrogens is 282 g/mol. The molecule has 0 aliphatic carbocycles. The van der Waals surface area contributed by atoms with Gasteiger partial charge in [0.05, 0.1) is 12.6 Å². The van der Waals surface area contributed by atoms with Gasteiger partial charge in [0.1, 0.15) is 11.4 Å². The molecule has 0 spiro atoms. The van der Waals surface area contributed by atoms with Crippen LogP contribution >= 0.6 is 0 Å². The smallest absolute Gasteiger partial charge is 0.387 e. The molecule has 0 fully saturated rings. The van der Waals surface area contributed by atoms with Crippen LogP contribution in [0.4, 0.5) is 8.78 Å². The van der Waals surface area contributed by atoms with Gasteiger partial charge in [-0.15, -0.1) is 0 Å². The van der Waals surface area contributed by atoms with Gasteiger partial charge < -0.3 is 19.7 Å². The van der Waals surface area contributed by atoms with Crippen LogP contribution in [0.2, 0.25) is 0 Å². The van der Waals surface area contributed by atoms with E-state index < -0.39 is 6.61 Å². The van der Waals surface area contributed by atoms with Crippen LogP contribution < -0.4 is 4.74 Å². The van der Waals surface area contributed by atoms with Gasteiger partial charge in [0.25, 0.3) is 5.91 Å². The third-order valence-corrected chi connectivity index (χ3v) is 3.32. The molecule has 0 aliphatic heterocycles. The molecule has 21 heavy (non-hydrogen) atoms. The Morgan fingerprint density at radius 3 is 2.81 bits per heavy atom. The van der Waals surface area contributed by atoms with Crippen molar-refractivity contribution in [1.29, 1.82) is 0 Å². The van der Waals surface area contributed by atoms with Gasteiger partial charge in [-0.05, 0) is 25.1 Å². The first-order chi connectivity index (χ1) is 9.93. The molecule has 1 aromatic carbocycles. The first kappa shape index (κ1) is 15.2. The topological polar surface area (TPSA) is 65.6 Å². The third-order valence-electron chi connectivity index (χ3n) is 3.32. The fraction of sp³-hybridized carbons (Fsp3) is 0.357. The fourth-order valence-corrected chi connectivity index (χ4v) is 1.95. The second-order valence-corrected chi connectivity index (χ2v) is 4.73. The van der Waals surface area contributed by atoms with Crippen LogP contribution in [0.3, 0.4) is 0 Å². The molecule has 0 bridgehead atoms. The average Bonchev–Trinajstić information content (AvgIpc) is 2.89. The number of aromatic amines is 1. The highest BCUT2D eigenvalue weighted by Crippen LogP contribution is 2.28. The minimum absolute atomic E-state index is 0.00987. The maximum absolute atomic E-state index is 12.4. The summed E-state index contributed by atoms with van der Waals surface area (Å²) in [4.78, 5) is 16.5. The highest BCUT2D eigenvalue weighted by Gasteiger charge is 2.20. The number of nitrogens with one attached hydrogen (secondary N) is 1. The van der Waals surface area contributed by atoms with E-state index in [-0.39, 0.29) is 30.0 Å². The maximum atomic E-state index is 12.4. The van der Waals surface area contributed by atoms with E-state index in [4.69, 9.17) is 5.11 Å². The van der Waals surface area contributed by atoms with Crippen LogP contribution in [0.5, 0.6) is 5.75 Å². The van der Waals surface area contributed by atoms with Gasteiger partial charge in [-0.25, -0.2) is 0 Å². The number of aromatic nitrogens is 1. The van der Waals surface area contributed by atoms with Crippen molar-refractivity contribution in [3.05, 3.63) is 30.0 Å². The minimum Gasteiger partial charge on any atom is -0.434 e. The summed E-state index contributed by atoms with van der Waals surface area (Å²) < 4.78 is 29.1. The van der Waals surface area contributed by atoms with Crippen molar-refractivity contribution in [1.82, 2.24) is 9.88 Å². The zero-order valence-corrected chi connectivity index (χ0v) is 11.6. The summed E-state index contributed by atoms with van der Waals surface area (Å²) in [6.45, 7) is -1.39. The molecule has 2 aromatic rings. The molecule has 0 aliphatic rings. The number of hydrogen-bond donors (Lipinski definition) is 2. The Morgan fingerprint density at radius 1 is 1.48 bits per heavy atom. The number of amides is 1. The Balaban J connectivity index is 2.36. The number of ether oxygens (including phenoxy) is 1. The van der Waals surface area contributed by atoms with Crippen LogP contribution in [-0.2, 0) is 0 Å². The molecule has 1 aromatic heterocycles. The van der Waals surface area contributed by atoms with Crippen molar-refractivity contribution in [2.45, 2.75) is 19.6 Å². The number of likely N-dealkylation sites (N-methyl/N-ethyl adjacent to an activating group) is 1. The van der Waals surface area contributed by atoms with Crippen LogP contribution in [0.15, 0.2) is 24.3 Å². The van der Waals surface area contributed by atoms with Crippen molar-refractivity contribution in [3.63, 3.8) is 0 Å². The highest BCUT2D eigenvalue weighted by atomic mass is 19.3. The average molecular weight is 298 g/mol. The van der Waals surface area contributed by atoms with E-state index in [1.165, 1.54) is 17.0 Å². The molecule has 7 heteroatoms. The van der Waals surface area contributed by atoms with Crippen LogP contribution in [-0.4, -0.2) is 47.2 Å². The lowest BCUT2D eigenvalue weighted by atomic mass is 10.2. The monoisotopic (exact) mass is 298 g/mol. The Bertz CT molecular complexity index is 642. The number of H-pyrrole nitrogens is 1. The first-order valence-electron chi connectivity index (χ1n) is 6.38. The Hall–Kier alpha value is -2.15. The summed E-state index contributed by atoms with van der Waals surface area (Å²) in [6, 6.07) is 5.76. The molecule has 114 valence electrons. The molecule has 1 atom stereocenters. The maximum Gasteiger partial charge on any atom is 0.387 e. The normalized spacial score (nSPS) is 12.7. The Labute approximate surface area is 120 Å². The zero-order valence-electron chi connectivity index (χ0n) is 11.6. The number of carbonyl (C=O) groups excluding carboxylic acids is 1. The van der Waals surface area contributed by atoms with Crippen molar-refractivity contribution >= 4 is 16.8 Å². The number of hydrogen-bond acceptors (Lipinski definition) is 3. The lowest BCUT2D eigenvalue weighted by Gasteiger charge is -2.22. The zero-order chi connectivity index (χ0) is 15.6. The Morgan fingerprint density at radius 2 is 2.19 bits per heavy atom. The van der Waals surface area contributed by atoms with E-state index in [2.05, 4.69) is 9.72 Å². The van der Waals surface area contributed by atoms with Crippen LogP contribution in [0, 0.1) is 0 Å². The van der Waals surface area contributed by atoms with Crippen molar-refractivity contribution in [3.8, 4) is 5.75 Å². The molecule has 2 N–H and O–H groups in total. The van der Waals surface area contributed by atoms with Crippen molar-refractivity contribution in [2.24, 2.45) is 0 Å². The standard InChI is InChI=1S/C14H16F2N2O3/c1-8(7-19)18(2)13(20)11-6-9-10(17-11)4-3-5-12(9)21-14(15)16/h3-6,8,14,17,19H,7H2,1-2H3. The van der Waals surface area contributed by atoms with Gasteiger partial charge in [0.15, 0.2) is 0 Å². The van der Waals surface area contributed by atoms with E-state index in [9.17, 15) is 13.6 Å². The molecule has 0 saturated carbocycles. The lowest BCUT2D eigenvalue weighted by molar-refractivity contribution is -0.0487. The summed E-state index contributed by atoms with van der Waals surface area (Å²) in [5.41, 5.74) is 0.777. The molecule has 2 rings (SSSR count). The predicted octanol–water partition coefficient (Wildman–Crippen LogP) is 2.22. The molecule has 1 heterocycles. The summed E-state index contributed by atoms with van der Waals surface area (Å²) in [5, 5.41) is 9.49. The van der Waals surface area contributed by atoms with Crippen molar-refractivity contribution in [2.75, 3.05) is 13.7 Å². The Kier molecular flexibility index (Phi) is 4.42. The number of benzene rings is 1. The molecule has 1 amide bonds. The largest absolute Gasteiger partial charge is 0.434 e. The third kappa shape index (κ3) is 3.13. The van der Waals surface area contributed by atoms with Crippen molar-refractivity contribution < 1.29 is 23.4 Å². The quantitative estimate of drug-likeness (QED) is 0.889. The summed E-state index contributed by atoms with van der Waals surface area (Å²) in [5.74, 6) is -0.327. The van der Waals surface area contributed by atoms with Gasteiger partial charge in [0, 0.05) is 18.0 Å². The SMILES string of the molecule is CC(CO)N(C)C(=O)c1cc2c(OC(F)F)cccc2[nH]1. The first-order valence-corrected chi connectivity index (χ1v) is 6.38. The number of rotatable bonds is 5. The van der Waals surface area contributed by atoms with E-state index in [1.807, 2.05) is 0 Å². The van der Waals surface area contributed by atoms with Gasteiger partial charge in [-0.3, -0.25) is 4.79 Å². The second kappa shape index (κ2) is 6.09. The molecule has 0 saturated heterocycles. The number of aliphatic hydroxyl groups is 1. The minimum atomic E-state index is -2.93. The lowest BCUT2D eigenvalue weighted by Crippen LogP contribution is -2.37. The summed E-state index contributed by atoms with van der Waals surface area (Å²) >= 11 is 0. The fourth-order valence-electron chi connectivity index (χ4n) is 1.95. The number of alkyl halides is 2. The molecule has 0 radical (unpaired) electrons. The molecule has 1 unspecified atom stereocenters. The summed E-state index contributed by atoms with van der Waals surface area (Å²) in [7, 11) is 1.56. The number of halogens is 2. The van der Waals surface area contributed by atoms with Gasteiger partial charge in [0.2, 0.25) is 0 Å². The van der Waals surface area contributed by atoms with Gasteiger partial charge in [-0.2, -0.15) is 8.78 Å². The number of fused-ring (bicyclic) bond motifs is 1. The van der Waals surface area contributed by atoms with E-state index in [0.717, 1.165) is 0 Å².